The average molecular weight is 432 g/mol. The van der Waals surface area contributed by atoms with E-state index in [4.69, 9.17) is 0 Å². The number of benzene rings is 1. The molecule has 0 saturated carbocycles. The third kappa shape index (κ3) is 3.56. The molecule has 2 bridgehead atoms. The van der Waals surface area contributed by atoms with Crippen LogP contribution in [0.15, 0.2) is 65.6 Å². The summed E-state index contributed by atoms with van der Waals surface area (Å²) in [6.07, 6.45) is 6.44. The third-order valence-corrected chi connectivity index (χ3v) is 5.50. The lowest BCUT2D eigenvalue weighted by atomic mass is 9.95. The molecule has 5 rings (SSSR count). The molecule has 8 nitrogen and oxygen atoms in total. The van der Waals surface area contributed by atoms with Crippen LogP contribution in [0, 0.1) is 5.82 Å². The molecule has 0 spiro atoms. The fourth-order valence-electron chi connectivity index (χ4n) is 3.81. The maximum Gasteiger partial charge on any atom is 0.278 e. The van der Waals surface area contributed by atoms with Crippen molar-refractivity contribution in [1.82, 2.24) is 24.3 Å². The zero-order chi connectivity index (χ0) is 22.3. The molecule has 0 saturated heterocycles. The number of aliphatic hydroxyl groups is 1. The number of rotatable bonds is 2. The number of aromatic nitrogens is 5. The summed E-state index contributed by atoms with van der Waals surface area (Å²) in [5.41, 5.74) is -0.000281. The molecule has 0 aliphatic carbocycles. The lowest BCUT2D eigenvalue weighted by molar-refractivity contribution is 0.0443. The minimum absolute atomic E-state index is 0.219. The Morgan fingerprint density at radius 2 is 2.00 bits per heavy atom. The second-order valence-corrected chi connectivity index (χ2v) is 7.93. The van der Waals surface area contributed by atoms with Crippen LogP contribution in [0.25, 0.3) is 16.9 Å². The second-order valence-electron chi connectivity index (χ2n) is 7.93. The van der Waals surface area contributed by atoms with Crippen LogP contribution < -0.4 is 10.9 Å². The van der Waals surface area contributed by atoms with E-state index in [0.29, 0.717) is 47.6 Å². The van der Waals surface area contributed by atoms with E-state index in [2.05, 4.69) is 20.3 Å². The largest absolute Gasteiger partial charge is 0.384 e. The van der Waals surface area contributed by atoms with Gasteiger partial charge in [-0.1, -0.05) is 24.3 Å². The highest BCUT2D eigenvalue weighted by Crippen LogP contribution is 2.27. The second kappa shape index (κ2) is 7.69. The smallest absolute Gasteiger partial charge is 0.278 e. The average Bonchev–Trinajstić information content (AvgIpc) is 3.03. The van der Waals surface area contributed by atoms with Gasteiger partial charge in [-0.2, -0.15) is 4.98 Å². The van der Waals surface area contributed by atoms with Crippen LogP contribution >= 0.6 is 0 Å². The molecule has 1 aliphatic rings. The highest BCUT2D eigenvalue weighted by atomic mass is 19.1. The van der Waals surface area contributed by atoms with Crippen molar-refractivity contribution in [2.75, 3.05) is 5.32 Å². The standard InChI is InChI=1S/C23H21FN6O2/c1-23(32)11-3-2-4-12-29-21(31)17-14-25-22(26-16-8-5-7-15(24)13-16)28-20(17)30(29)19-10-6-9-18(23)27-19/h2,4-10,13-14,32H,3,11-12H2,1H3,(H,25,26,28)/b4-2-/t23-/m0/s1. The Kier molecular flexibility index (Phi) is 4.82. The van der Waals surface area contributed by atoms with Gasteiger partial charge in [0, 0.05) is 11.9 Å². The van der Waals surface area contributed by atoms with E-state index in [1.807, 2.05) is 12.2 Å². The van der Waals surface area contributed by atoms with E-state index in [9.17, 15) is 14.3 Å². The quantitative estimate of drug-likeness (QED) is 0.471. The fourth-order valence-corrected chi connectivity index (χ4v) is 3.81. The van der Waals surface area contributed by atoms with Gasteiger partial charge in [-0.25, -0.2) is 23.7 Å². The minimum Gasteiger partial charge on any atom is -0.384 e. The Morgan fingerprint density at radius 1 is 1.16 bits per heavy atom. The van der Waals surface area contributed by atoms with Gasteiger partial charge < -0.3 is 10.4 Å². The molecule has 2 N–H and O–H groups in total. The van der Waals surface area contributed by atoms with E-state index in [-0.39, 0.29) is 17.3 Å². The number of anilines is 2. The lowest BCUT2D eigenvalue weighted by Crippen LogP contribution is -2.24. The molecule has 4 heterocycles. The number of pyridine rings is 1. The first-order valence-corrected chi connectivity index (χ1v) is 10.3. The monoisotopic (exact) mass is 432 g/mol. The van der Waals surface area contributed by atoms with Gasteiger partial charge >= 0.3 is 0 Å². The Balaban J connectivity index is 1.71. The number of hydrogen-bond acceptors (Lipinski definition) is 6. The van der Waals surface area contributed by atoms with Crippen LogP contribution in [0.4, 0.5) is 16.0 Å². The third-order valence-electron chi connectivity index (χ3n) is 5.50. The summed E-state index contributed by atoms with van der Waals surface area (Å²) in [7, 11) is 0. The van der Waals surface area contributed by atoms with E-state index < -0.39 is 5.60 Å². The first-order valence-electron chi connectivity index (χ1n) is 10.3. The maximum absolute atomic E-state index is 13.6. The topological polar surface area (TPSA) is 97.9 Å². The van der Waals surface area contributed by atoms with E-state index in [0.717, 1.165) is 0 Å². The molecule has 0 amide bonds. The SMILES string of the molecule is C[C@]1(O)CC/C=C\Cn2c(=O)c3cnc(Nc4cccc(F)c4)nc3n2-c2cccc1n2. The number of fused-ring (bicyclic) bond motifs is 6. The summed E-state index contributed by atoms with van der Waals surface area (Å²) < 4.78 is 16.7. The van der Waals surface area contributed by atoms with Crippen molar-refractivity contribution in [2.45, 2.75) is 31.9 Å². The van der Waals surface area contributed by atoms with E-state index in [1.165, 1.54) is 23.0 Å². The first-order chi connectivity index (χ1) is 15.4. The molecule has 4 aromatic rings. The van der Waals surface area contributed by atoms with Crippen molar-refractivity contribution in [2.24, 2.45) is 0 Å². The molecule has 162 valence electrons. The van der Waals surface area contributed by atoms with Gasteiger partial charge in [0.25, 0.3) is 5.56 Å². The highest BCUT2D eigenvalue weighted by molar-refractivity contribution is 5.77. The summed E-state index contributed by atoms with van der Waals surface area (Å²) in [4.78, 5) is 26.6. The van der Waals surface area contributed by atoms with Gasteiger partial charge in [0.15, 0.2) is 11.5 Å². The highest BCUT2D eigenvalue weighted by Gasteiger charge is 2.26. The lowest BCUT2D eigenvalue weighted by Gasteiger charge is -2.22. The van der Waals surface area contributed by atoms with Gasteiger partial charge in [0.1, 0.15) is 16.8 Å². The van der Waals surface area contributed by atoms with Crippen molar-refractivity contribution < 1.29 is 9.50 Å². The van der Waals surface area contributed by atoms with Crippen LogP contribution in [0.2, 0.25) is 0 Å². The van der Waals surface area contributed by atoms with Gasteiger partial charge in [-0.15, -0.1) is 0 Å². The van der Waals surface area contributed by atoms with Crippen LogP contribution in [0.3, 0.4) is 0 Å². The Bertz CT molecular complexity index is 1410. The molecule has 9 heteroatoms. The van der Waals surface area contributed by atoms with Crippen molar-refractivity contribution in [3.63, 3.8) is 0 Å². The van der Waals surface area contributed by atoms with Crippen molar-refractivity contribution >= 4 is 22.7 Å². The number of allylic oxidation sites excluding steroid dienone is 2. The summed E-state index contributed by atoms with van der Waals surface area (Å²) >= 11 is 0. The summed E-state index contributed by atoms with van der Waals surface area (Å²) in [6.45, 7) is 2.05. The van der Waals surface area contributed by atoms with Crippen LogP contribution in [-0.4, -0.2) is 29.4 Å². The molecule has 0 unspecified atom stereocenters. The molecule has 1 aliphatic heterocycles. The zero-order valence-electron chi connectivity index (χ0n) is 17.4. The maximum atomic E-state index is 13.6. The molecule has 32 heavy (non-hydrogen) atoms. The molecular formula is C23H21FN6O2. The summed E-state index contributed by atoms with van der Waals surface area (Å²) in [5.74, 6) is 0.294. The minimum atomic E-state index is -1.11. The molecule has 1 atom stereocenters. The van der Waals surface area contributed by atoms with Crippen LogP contribution in [0.5, 0.6) is 0 Å². The predicted octanol–water partition coefficient (Wildman–Crippen LogP) is 3.42. The number of halogens is 1. The van der Waals surface area contributed by atoms with Gasteiger partial charge in [0.05, 0.1) is 12.2 Å². The first kappa shape index (κ1) is 20.1. The number of nitrogens with zero attached hydrogens (tertiary/aromatic N) is 5. The predicted molar refractivity (Wildman–Crippen MR) is 119 cm³/mol. The fraction of sp³-hybridized carbons (Fsp3) is 0.217. The van der Waals surface area contributed by atoms with Crippen LogP contribution in [-0.2, 0) is 12.1 Å². The van der Waals surface area contributed by atoms with E-state index >= 15 is 0 Å². The molecule has 0 fully saturated rings. The van der Waals surface area contributed by atoms with Crippen molar-refractivity contribution in [1.29, 1.82) is 0 Å². The Morgan fingerprint density at radius 3 is 2.84 bits per heavy atom. The van der Waals surface area contributed by atoms with Crippen molar-refractivity contribution in [3.05, 3.63) is 82.7 Å². The molecular weight excluding hydrogens is 411 g/mol. The number of nitrogens with one attached hydrogen (secondary N) is 1. The summed E-state index contributed by atoms with van der Waals surface area (Å²) in [6, 6.07) is 11.3. The molecule has 1 aromatic carbocycles. The Labute approximate surface area is 182 Å². The molecule has 3 aromatic heterocycles. The van der Waals surface area contributed by atoms with E-state index in [1.54, 1.807) is 41.9 Å². The van der Waals surface area contributed by atoms with Gasteiger partial charge in [-0.05, 0) is 50.1 Å². The normalized spacial score (nSPS) is 19.2. The van der Waals surface area contributed by atoms with Crippen LogP contribution in [0.1, 0.15) is 25.5 Å². The Hall–Kier alpha value is -3.85. The molecule has 0 radical (unpaired) electrons. The van der Waals surface area contributed by atoms with Gasteiger partial charge in [-0.3, -0.25) is 4.79 Å². The zero-order valence-corrected chi connectivity index (χ0v) is 17.4. The summed E-state index contributed by atoms with van der Waals surface area (Å²) in [5, 5.41) is 14.2. The number of hydrogen-bond donors (Lipinski definition) is 2. The van der Waals surface area contributed by atoms with Gasteiger partial charge in [0.2, 0.25) is 5.95 Å². The van der Waals surface area contributed by atoms with Crippen molar-refractivity contribution in [3.8, 4) is 5.82 Å².